The van der Waals surface area contributed by atoms with Gasteiger partial charge in [0.25, 0.3) is 0 Å². The largest absolute Gasteiger partial charge is 0.506 e. The van der Waals surface area contributed by atoms with Gasteiger partial charge in [0.1, 0.15) is 11.8 Å². The van der Waals surface area contributed by atoms with Gasteiger partial charge in [0, 0.05) is 16.1 Å². The zero-order valence-corrected chi connectivity index (χ0v) is 11.6. The van der Waals surface area contributed by atoms with Crippen molar-refractivity contribution in [3.63, 3.8) is 0 Å². The number of halogens is 2. The summed E-state index contributed by atoms with van der Waals surface area (Å²) < 4.78 is 0.723. The molecule has 1 aromatic carbocycles. The molecule has 0 unspecified atom stereocenters. The van der Waals surface area contributed by atoms with Gasteiger partial charge in [0.2, 0.25) is 0 Å². The molecule has 0 saturated heterocycles. The first kappa shape index (κ1) is 16.0. The van der Waals surface area contributed by atoms with Crippen LogP contribution in [0.25, 0.3) is 0 Å². The lowest BCUT2D eigenvalue weighted by Crippen LogP contribution is -2.11. The standard InChI is InChI=1S/C12H13BrN2O.ClH/c1-2-3-4-10(15)11-9(13)6-5-8(7-14)12(11)16;/h2,5-6,10,16H,1,3-4,15H2;1H/t10-;/m0./s1. The van der Waals surface area contributed by atoms with E-state index in [1.807, 2.05) is 6.07 Å². The highest BCUT2D eigenvalue weighted by atomic mass is 79.9. The molecule has 0 saturated carbocycles. The maximum atomic E-state index is 9.88. The second-order valence-electron chi connectivity index (χ2n) is 3.44. The molecule has 0 aromatic heterocycles. The molecular weight excluding hydrogens is 304 g/mol. The van der Waals surface area contributed by atoms with Crippen molar-refractivity contribution in [2.45, 2.75) is 18.9 Å². The fraction of sp³-hybridized carbons (Fsp3) is 0.250. The molecule has 0 aliphatic heterocycles. The highest BCUT2D eigenvalue weighted by Gasteiger charge is 2.17. The number of hydrogen-bond acceptors (Lipinski definition) is 3. The molecule has 0 radical (unpaired) electrons. The van der Waals surface area contributed by atoms with Gasteiger partial charge in [-0.3, -0.25) is 0 Å². The Balaban J connectivity index is 0.00000256. The molecule has 0 spiro atoms. The maximum absolute atomic E-state index is 9.88. The van der Waals surface area contributed by atoms with E-state index in [1.165, 1.54) is 0 Å². The summed E-state index contributed by atoms with van der Waals surface area (Å²) in [7, 11) is 0. The average molecular weight is 318 g/mol. The SMILES string of the molecule is C=CCC[C@H](N)c1c(Br)ccc(C#N)c1O.Cl. The molecule has 0 aliphatic carbocycles. The van der Waals surface area contributed by atoms with Crippen LogP contribution in [0, 0.1) is 11.3 Å². The predicted octanol–water partition coefficient (Wildman–Crippen LogP) is 3.41. The van der Waals surface area contributed by atoms with Crippen molar-refractivity contribution in [1.29, 1.82) is 5.26 Å². The van der Waals surface area contributed by atoms with Crippen LogP contribution >= 0.6 is 28.3 Å². The molecule has 3 N–H and O–H groups in total. The van der Waals surface area contributed by atoms with E-state index >= 15 is 0 Å². The van der Waals surface area contributed by atoms with Crippen molar-refractivity contribution in [3.05, 3.63) is 40.4 Å². The number of hydrogen-bond donors (Lipinski definition) is 2. The fourth-order valence-electron chi connectivity index (χ4n) is 1.47. The van der Waals surface area contributed by atoms with Crippen LogP contribution in [0.2, 0.25) is 0 Å². The smallest absolute Gasteiger partial charge is 0.139 e. The Morgan fingerprint density at radius 2 is 2.24 bits per heavy atom. The monoisotopic (exact) mass is 316 g/mol. The lowest BCUT2D eigenvalue weighted by atomic mass is 9.99. The minimum Gasteiger partial charge on any atom is -0.506 e. The molecule has 0 heterocycles. The lowest BCUT2D eigenvalue weighted by Gasteiger charge is -2.15. The molecule has 0 bridgehead atoms. The zero-order chi connectivity index (χ0) is 12.1. The Morgan fingerprint density at radius 3 is 2.76 bits per heavy atom. The number of phenols is 1. The summed E-state index contributed by atoms with van der Waals surface area (Å²) in [6.45, 7) is 3.62. The fourth-order valence-corrected chi connectivity index (χ4v) is 2.08. The summed E-state index contributed by atoms with van der Waals surface area (Å²) in [6, 6.07) is 4.90. The Labute approximate surface area is 115 Å². The van der Waals surface area contributed by atoms with E-state index in [1.54, 1.807) is 18.2 Å². The van der Waals surface area contributed by atoms with Crippen LogP contribution in [0.15, 0.2) is 29.3 Å². The van der Waals surface area contributed by atoms with Gasteiger partial charge in [0.15, 0.2) is 0 Å². The van der Waals surface area contributed by atoms with E-state index < -0.39 is 0 Å². The van der Waals surface area contributed by atoms with Gasteiger partial charge in [-0.25, -0.2) is 0 Å². The number of nitrogens with two attached hydrogens (primary N) is 1. The van der Waals surface area contributed by atoms with E-state index in [2.05, 4.69) is 22.5 Å². The van der Waals surface area contributed by atoms with Crippen LogP contribution in [-0.2, 0) is 0 Å². The van der Waals surface area contributed by atoms with Crippen molar-refractivity contribution in [3.8, 4) is 11.8 Å². The van der Waals surface area contributed by atoms with Crippen LogP contribution in [0.5, 0.6) is 5.75 Å². The van der Waals surface area contributed by atoms with E-state index in [0.29, 0.717) is 12.0 Å². The number of rotatable bonds is 4. The molecule has 1 atom stereocenters. The summed E-state index contributed by atoms with van der Waals surface area (Å²) in [5.74, 6) is -0.0339. The Hall–Kier alpha value is -1.02. The molecule has 0 fully saturated rings. The van der Waals surface area contributed by atoms with Crippen LogP contribution in [0.4, 0.5) is 0 Å². The van der Waals surface area contributed by atoms with Crippen molar-refractivity contribution in [2.75, 3.05) is 0 Å². The molecular formula is C12H14BrClN2O. The number of nitriles is 1. The Morgan fingerprint density at radius 1 is 1.59 bits per heavy atom. The number of allylic oxidation sites excluding steroid dienone is 1. The number of nitrogens with zero attached hydrogens (tertiary/aromatic N) is 1. The third-order valence-corrected chi connectivity index (χ3v) is 3.03. The maximum Gasteiger partial charge on any atom is 0.139 e. The lowest BCUT2D eigenvalue weighted by molar-refractivity contribution is 0.456. The number of benzene rings is 1. The van der Waals surface area contributed by atoms with Crippen molar-refractivity contribution in [1.82, 2.24) is 0 Å². The van der Waals surface area contributed by atoms with Crippen LogP contribution in [0.1, 0.15) is 30.0 Å². The molecule has 3 nitrogen and oxygen atoms in total. The highest BCUT2D eigenvalue weighted by molar-refractivity contribution is 9.10. The molecule has 92 valence electrons. The Kier molecular flexibility index (Phi) is 6.89. The molecule has 1 aromatic rings. The van der Waals surface area contributed by atoms with Gasteiger partial charge in [-0.15, -0.1) is 19.0 Å². The van der Waals surface area contributed by atoms with E-state index in [9.17, 15) is 5.11 Å². The second kappa shape index (κ2) is 7.33. The molecule has 0 aliphatic rings. The van der Waals surface area contributed by atoms with Gasteiger partial charge in [-0.2, -0.15) is 5.26 Å². The normalized spacial score (nSPS) is 11.1. The van der Waals surface area contributed by atoms with E-state index in [-0.39, 0.29) is 29.8 Å². The summed E-state index contributed by atoms with van der Waals surface area (Å²) >= 11 is 3.33. The van der Waals surface area contributed by atoms with Crippen molar-refractivity contribution >= 4 is 28.3 Å². The van der Waals surface area contributed by atoms with E-state index in [0.717, 1.165) is 10.9 Å². The van der Waals surface area contributed by atoms with Gasteiger partial charge < -0.3 is 10.8 Å². The third kappa shape index (κ3) is 3.74. The second-order valence-corrected chi connectivity index (χ2v) is 4.30. The number of aromatic hydroxyl groups is 1. The first-order valence-corrected chi connectivity index (χ1v) is 5.69. The topological polar surface area (TPSA) is 70.0 Å². The van der Waals surface area contributed by atoms with Gasteiger partial charge in [-0.1, -0.05) is 22.0 Å². The molecule has 1 rings (SSSR count). The summed E-state index contributed by atoms with van der Waals surface area (Å²) in [4.78, 5) is 0. The van der Waals surface area contributed by atoms with Crippen molar-refractivity contribution in [2.24, 2.45) is 5.73 Å². The molecule has 17 heavy (non-hydrogen) atoms. The minimum absolute atomic E-state index is 0. The molecule has 0 amide bonds. The van der Waals surface area contributed by atoms with Gasteiger partial charge >= 0.3 is 0 Å². The first-order valence-electron chi connectivity index (χ1n) is 4.89. The Bertz CT molecular complexity index is 443. The predicted molar refractivity (Wildman–Crippen MR) is 74.1 cm³/mol. The zero-order valence-electron chi connectivity index (χ0n) is 9.19. The van der Waals surface area contributed by atoms with Gasteiger partial charge in [-0.05, 0) is 25.0 Å². The third-order valence-electron chi connectivity index (χ3n) is 2.34. The summed E-state index contributed by atoms with van der Waals surface area (Å²) in [6.07, 6.45) is 3.23. The first-order chi connectivity index (χ1) is 7.61. The average Bonchev–Trinajstić information content (AvgIpc) is 2.26. The minimum atomic E-state index is -0.305. The number of phenolic OH excluding ortho intramolecular Hbond substituents is 1. The van der Waals surface area contributed by atoms with Gasteiger partial charge in [0.05, 0.1) is 5.56 Å². The summed E-state index contributed by atoms with van der Waals surface area (Å²) in [5, 5.41) is 18.7. The quantitative estimate of drug-likeness (QED) is 0.836. The van der Waals surface area contributed by atoms with E-state index in [4.69, 9.17) is 11.0 Å². The highest BCUT2D eigenvalue weighted by Crippen LogP contribution is 2.35. The van der Waals surface area contributed by atoms with Crippen LogP contribution in [0.3, 0.4) is 0 Å². The van der Waals surface area contributed by atoms with Crippen LogP contribution < -0.4 is 5.73 Å². The van der Waals surface area contributed by atoms with Crippen LogP contribution in [-0.4, -0.2) is 5.11 Å². The van der Waals surface area contributed by atoms with Crippen molar-refractivity contribution < 1.29 is 5.11 Å². The summed E-state index contributed by atoms with van der Waals surface area (Å²) in [5.41, 5.74) is 6.79. The molecule has 5 heteroatoms.